The van der Waals surface area contributed by atoms with Crippen LogP contribution in [-0.4, -0.2) is 132 Å². The van der Waals surface area contributed by atoms with Crippen LogP contribution in [0.3, 0.4) is 0 Å². The Labute approximate surface area is 270 Å². The predicted molar refractivity (Wildman–Crippen MR) is 159 cm³/mol. The average molecular weight is 715 g/mol. The Morgan fingerprint density at radius 1 is 0.756 bits per heavy atom. The van der Waals surface area contributed by atoms with E-state index >= 15 is 0 Å². The van der Waals surface area contributed by atoms with Crippen LogP contribution < -0.4 is 0 Å². The molecule has 6 radical (unpaired) electrons. The van der Waals surface area contributed by atoms with Crippen molar-refractivity contribution in [2.75, 3.05) is 38.8 Å². The molecule has 0 amide bonds. The highest BCUT2D eigenvalue weighted by Gasteiger charge is 2.45. The summed E-state index contributed by atoms with van der Waals surface area (Å²) in [5, 5.41) is 18.1. The van der Waals surface area contributed by atoms with Gasteiger partial charge in [-0.15, -0.1) is 0 Å². The topological polar surface area (TPSA) is 228 Å². The lowest BCUT2D eigenvalue weighted by molar-refractivity contribution is -0.0330. The molecule has 24 heteroatoms. The van der Waals surface area contributed by atoms with Gasteiger partial charge in [-0.25, -0.2) is 13.7 Å². The fourth-order valence-electron chi connectivity index (χ4n) is 4.48. The first-order valence-electron chi connectivity index (χ1n) is 13.9. The number of aliphatic hydroxyl groups excluding tert-OH is 1. The zero-order valence-electron chi connectivity index (χ0n) is 24.1. The van der Waals surface area contributed by atoms with Gasteiger partial charge in [-0.1, -0.05) is 0 Å². The standard InChI is InChI=1S/C21H35B3NO16P3S/c22-19-7-13(16(10-26)36-19)39-42(27,28)34-11-17-14(8-20(23)37-17)40-43(29,30)35-12-18-15(9-21(24)38-18)41-44(31,32-4-1-3-25)33-5-2-6-45/h13-21,26,45H,1-2,4-12H2,(H,27,28)(H,29,30)/t13-,14-,15-,16-,17-,18-,19-,20-,21-,44?/m1/s1. The van der Waals surface area contributed by atoms with Gasteiger partial charge in [0.05, 0.1) is 63.8 Å². The molecule has 12 atom stereocenters. The normalized spacial score (nSPS) is 35.8. The maximum absolute atomic E-state index is 13.2. The van der Waals surface area contributed by atoms with Crippen molar-refractivity contribution in [2.45, 2.75) is 86.7 Å². The number of thiol groups is 1. The van der Waals surface area contributed by atoms with Crippen LogP contribution in [0.25, 0.3) is 0 Å². The van der Waals surface area contributed by atoms with Gasteiger partial charge in [0.2, 0.25) is 0 Å². The summed E-state index contributed by atoms with van der Waals surface area (Å²) in [7, 11) is 3.48. The monoisotopic (exact) mass is 715 g/mol. The molecule has 250 valence electrons. The molecular formula is C21H35B3NO16P3S. The van der Waals surface area contributed by atoms with Gasteiger partial charge >= 0.3 is 23.5 Å². The van der Waals surface area contributed by atoms with E-state index in [9.17, 15) is 28.6 Å². The third-order valence-corrected chi connectivity index (χ3v) is 10.4. The van der Waals surface area contributed by atoms with Gasteiger partial charge in [-0.05, 0) is 31.4 Å². The van der Waals surface area contributed by atoms with Gasteiger partial charge < -0.3 is 29.1 Å². The van der Waals surface area contributed by atoms with Crippen molar-refractivity contribution in [2.24, 2.45) is 0 Å². The van der Waals surface area contributed by atoms with E-state index in [2.05, 4.69) is 12.6 Å². The molecule has 0 aromatic heterocycles. The van der Waals surface area contributed by atoms with Crippen LogP contribution in [0.5, 0.6) is 0 Å². The van der Waals surface area contributed by atoms with Crippen molar-refractivity contribution in [3.63, 3.8) is 0 Å². The van der Waals surface area contributed by atoms with E-state index in [1.165, 1.54) is 0 Å². The maximum Gasteiger partial charge on any atom is 0.475 e. The maximum atomic E-state index is 13.2. The zero-order chi connectivity index (χ0) is 33.3. The summed E-state index contributed by atoms with van der Waals surface area (Å²) in [6.45, 7) is -2.02. The number of phosphoric acid groups is 3. The Balaban J connectivity index is 1.55. The Bertz CT molecular complexity index is 1130. The van der Waals surface area contributed by atoms with Gasteiger partial charge in [0.15, 0.2) is 0 Å². The average Bonchev–Trinajstić information content (AvgIpc) is 3.60. The van der Waals surface area contributed by atoms with Crippen molar-refractivity contribution < 1.29 is 74.5 Å². The molecule has 3 saturated heterocycles. The first kappa shape index (κ1) is 39.6. The van der Waals surface area contributed by atoms with Crippen molar-refractivity contribution in [1.82, 2.24) is 0 Å². The first-order chi connectivity index (χ1) is 21.2. The molecule has 3 unspecified atom stereocenters. The summed E-state index contributed by atoms with van der Waals surface area (Å²) >= 11 is 4.06. The largest absolute Gasteiger partial charge is 0.475 e. The van der Waals surface area contributed by atoms with Crippen molar-refractivity contribution in [3.8, 4) is 6.07 Å². The second-order valence-electron chi connectivity index (χ2n) is 10.1. The van der Waals surface area contributed by atoms with Crippen LogP contribution >= 0.6 is 36.1 Å². The lowest BCUT2D eigenvalue weighted by atomic mass is 9.96. The molecule has 0 saturated carbocycles. The molecule has 17 nitrogen and oxygen atoms in total. The summed E-state index contributed by atoms with van der Waals surface area (Å²) in [5.41, 5.74) is 0. The van der Waals surface area contributed by atoms with E-state index in [0.717, 1.165) is 0 Å². The molecule has 3 aliphatic rings. The number of rotatable bonds is 20. The Hall–Kier alpha value is 0.205. The summed E-state index contributed by atoms with van der Waals surface area (Å²) in [6.07, 6.45) is -6.30. The molecule has 45 heavy (non-hydrogen) atoms. The lowest BCUT2D eigenvalue weighted by Gasteiger charge is -2.26. The Kier molecular flexibility index (Phi) is 16.1. The minimum atomic E-state index is -4.87. The summed E-state index contributed by atoms with van der Waals surface area (Å²) in [4.78, 5) is 20.6. The van der Waals surface area contributed by atoms with Crippen LogP contribution in [0.15, 0.2) is 0 Å². The molecule has 3 aliphatic heterocycles. The van der Waals surface area contributed by atoms with E-state index < -0.39 is 97.9 Å². The predicted octanol–water partition coefficient (Wildman–Crippen LogP) is 0.594. The zero-order valence-corrected chi connectivity index (χ0v) is 27.7. The number of ether oxygens (including phenoxy) is 3. The summed E-state index contributed by atoms with van der Waals surface area (Å²) in [5.74, 6) is 0.435. The molecule has 3 N–H and O–H groups in total. The highest BCUT2D eigenvalue weighted by atomic mass is 32.1. The number of aliphatic hydroxyl groups is 1. The van der Waals surface area contributed by atoms with Crippen LogP contribution in [-0.2, 0) is 59.6 Å². The number of nitrogens with zero attached hydrogens (tertiary/aromatic N) is 1. The van der Waals surface area contributed by atoms with Gasteiger partial charge in [0, 0.05) is 18.0 Å². The van der Waals surface area contributed by atoms with Gasteiger partial charge in [0.25, 0.3) is 0 Å². The van der Waals surface area contributed by atoms with Crippen molar-refractivity contribution in [1.29, 1.82) is 5.26 Å². The van der Waals surface area contributed by atoms with Crippen LogP contribution in [0, 0.1) is 11.3 Å². The highest BCUT2D eigenvalue weighted by Crippen LogP contribution is 2.54. The number of nitriles is 1. The van der Waals surface area contributed by atoms with E-state index in [1.807, 2.05) is 6.07 Å². The van der Waals surface area contributed by atoms with Crippen molar-refractivity contribution >= 4 is 59.6 Å². The van der Waals surface area contributed by atoms with E-state index in [-0.39, 0.29) is 38.9 Å². The number of hydrogen-bond acceptors (Lipinski definition) is 16. The minimum absolute atomic E-state index is 0.00185. The lowest BCUT2D eigenvalue weighted by Crippen LogP contribution is -2.31. The fraction of sp³-hybridized carbons (Fsp3) is 0.952. The SMILES string of the molecule is [B][C@H]1C[C@@H](OP(=O)(O)OC[C@H]2O[C@@H]([B])C[C@H]2OP(=O)(O)OC[C@H]2O[C@@H]([B])C[C@H]2OP(=O)(OCCC#N)OCCCS)[C@@H](CO)O1. The molecule has 0 aromatic rings. The molecular weight excluding hydrogens is 680 g/mol. The van der Waals surface area contributed by atoms with Crippen LogP contribution in [0.1, 0.15) is 32.1 Å². The van der Waals surface area contributed by atoms with E-state index in [0.29, 0.717) is 12.2 Å². The van der Waals surface area contributed by atoms with Gasteiger partial charge in [-0.2, -0.15) is 17.9 Å². The molecule has 3 heterocycles. The molecule has 3 fully saturated rings. The third kappa shape index (κ3) is 13.2. The van der Waals surface area contributed by atoms with Crippen LogP contribution in [0.2, 0.25) is 0 Å². The molecule has 3 rings (SSSR count). The second-order valence-corrected chi connectivity index (χ2v) is 15.0. The van der Waals surface area contributed by atoms with E-state index in [1.54, 1.807) is 0 Å². The number of hydrogen-bond donors (Lipinski definition) is 4. The summed E-state index contributed by atoms with van der Waals surface area (Å²) in [6, 6.07) is -0.855. The third-order valence-electron chi connectivity index (χ3n) is 6.49. The molecule has 0 aliphatic carbocycles. The van der Waals surface area contributed by atoms with Crippen LogP contribution in [0.4, 0.5) is 0 Å². The van der Waals surface area contributed by atoms with Gasteiger partial charge in [-0.3, -0.25) is 31.7 Å². The van der Waals surface area contributed by atoms with Gasteiger partial charge in [0.1, 0.15) is 41.9 Å². The first-order valence-corrected chi connectivity index (χ1v) is 19.0. The number of phosphoric ester groups is 3. The Morgan fingerprint density at radius 3 is 1.67 bits per heavy atom. The van der Waals surface area contributed by atoms with E-state index in [4.69, 9.17) is 74.7 Å². The fourth-order valence-corrected chi connectivity index (χ4v) is 7.94. The summed E-state index contributed by atoms with van der Waals surface area (Å²) < 4.78 is 91.1. The quantitative estimate of drug-likeness (QED) is 0.0585. The second kappa shape index (κ2) is 18.3. The Morgan fingerprint density at radius 2 is 1.20 bits per heavy atom. The molecule has 0 aromatic carbocycles. The minimum Gasteiger partial charge on any atom is -0.394 e. The molecule has 0 spiro atoms. The molecule has 0 bridgehead atoms. The highest BCUT2D eigenvalue weighted by molar-refractivity contribution is 7.80. The smallest absolute Gasteiger partial charge is 0.394 e. The van der Waals surface area contributed by atoms with Crippen molar-refractivity contribution in [3.05, 3.63) is 0 Å².